The second-order valence-electron chi connectivity index (χ2n) is 4.31. The molecule has 0 saturated carbocycles. The molecule has 110 valence electrons. The van der Waals surface area contributed by atoms with Crippen LogP contribution in [0.4, 0.5) is 14.5 Å². The predicted molar refractivity (Wildman–Crippen MR) is 74.7 cm³/mol. The zero-order valence-electron chi connectivity index (χ0n) is 11.3. The molecule has 0 aliphatic rings. The van der Waals surface area contributed by atoms with Crippen LogP contribution in [0.2, 0.25) is 0 Å². The average Bonchev–Trinajstić information content (AvgIpc) is 2.48. The normalized spacial score (nSPS) is 11.6. The molecule has 1 unspecified atom stereocenters. The summed E-state index contributed by atoms with van der Waals surface area (Å²) >= 11 is 0. The fourth-order valence-electron chi connectivity index (χ4n) is 1.55. The van der Waals surface area contributed by atoms with Crippen LogP contribution >= 0.6 is 0 Å². The maximum atomic E-state index is 13.4. The standard InChI is InChI=1S/C15H14F2N2O2/c1-10(21-14-5-3-2-4-13(14)17)15(20)19-18-12-8-6-11(16)7-9-12/h2-10,18H,1H3,(H,19,20). The molecule has 0 bridgehead atoms. The zero-order valence-corrected chi connectivity index (χ0v) is 11.3. The Hall–Kier alpha value is -2.63. The van der Waals surface area contributed by atoms with Crippen molar-refractivity contribution >= 4 is 11.6 Å². The first-order chi connectivity index (χ1) is 10.1. The van der Waals surface area contributed by atoms with Gasteiger partial charge < -0.3 is 4.74 Å². The minimum atomic E-state index is -0.894. The van der Waals surface area contributed by atoms with Crippen LogP contribution in [-0.4, -0.2) is 12.0 Å². The molecule has 1 atom stereocenters. The number of para-hydroxylation sites is 1. The summed E-state index contributed by atoms with van der Waals surface area (Å²) in [6.07, 6.45) is -0.894. The Morgan fingerprint density at radius 1 is 1.10 bits per heavy atom. The van der Waals surface area contributed by atoms with Gasteiger partial charge in [0.25, 0.3) is 5.91 Å². The Morgan fingerprint density at radius 2 is 1.76 bits per heavy atom. The van der Waals surface area contributed by atoms with E-state index in [1.165, 1.54) is 49.4 Å². The molecular weight excluding hydrogens is 278 g/mol. The van der Waals surface area contributed by atoms with Crippen LogP contribution < -0.4 is 15.6 Å². The fraction of sp³-hybridized carbons (Fsp3) is 0.133. The highest BCUT2D eigenvalue weighted by molar-refractivity contribution is 5.81. The van der Waals surface area contributed by atoms with E-state index in [0.29, 0.717) is 5.69 Å². The number of ether oxygens (including phenoxy) is 1. The van der Waals surface area contributed by atoms with Gasteiger partial charge in [-0.15, -0.1) is 0 Å². The number of nitrogens with one attached hydrogen (secondary N) is 2. The van der Waals surface area contributed by atoms with Gasteiger partial charge in [-0.25, -0.2) is 8.78 Å². The van der Waals surface area contributed by atoms with Gasteiger partial charge in [-0.1, -0.05) is 12.1 Å². The number of carbonyl (C=O) groups excluding carboxylic acids is 1. The Labute approximate surface area is 120 Å². The van der Waals surface area contributed by atoms with Gasteiger partial charge in [-0.3, -0.25) is 15.6 Å². The van der Waals surface area contributed by atoms with Crippen molar-refractivity contribution in [1.29, 1.82) is 0 Å². The van der Waals surface area contributed by atoms with E-state index in [1.807, 2.05) is 0 Å². The number of hydrogen-bond acceptors (Lipinski definition) is 3. The minimum Gasteiger partial charge on any atom is -0.478 e. The van der Waals surface area contributed by atoms with Crippen molar-refractivity contribution in [2.75, 3.05) is 5.43 Å². The molecule has 2 aromatic carbocycles. The smallest absolute Gasteiger partial charge is 0.279 e. The Kier molecular flexibility index (Phi) is 4.71. The minimum absolute atomic E-state index is 0.00179. The van der Waals surface area contributed by atoms with Crippen LogP contribution in [0.15, 0.2) is 48.5 Å². The van der Waals surface area contributed by atoms with E-state index >= 15 is 0 Å². The van der Waals surface area contributed by atoms with Gasteiger partial charge in [0.15, 0.2) is 17.7 Å². The summed E-state index contributed by atoms with van der Waals surface area (Å²) in [5.41, 5.74) is 5.53. The van der Waals surface area contributed by atoms with Crippen molar-refractivity contribution in [3.8, 4) is 5.75 Å². The third-order valence-corrected chi connectivity index (χ3v) is 2.68. The quantitative estimate of drug-likeness (QED) is 0.833. The summed E-state index contributed by atoms with van der Waals surface area (Å²) in [6, 6.07) is 11.3. The van der Waals surface area contributed by atoms with E-state index < -0.39 is 17.8 Å². The van der Waals surface area contributed by atoms with E-state index in [9.17, 15) is 13.6 Å². The topological polar surface area (TPSA) is 50.4 Å². The lowest BCUT2D eigenvalue weighted by Crippen LogP contribution is -2.39. The number of amides is 1. The van der Waals surface area contributed by atoms with Gasteiger partial charge in [-0.2, -0.15) is 0 Å². The van der Waals surface area contributed by atoms with Crippen molar-refractivity contribution in [2.24, 2.45) is 0 Å². The molecular formula is C15H14F2N2O2. The number of hydrogen-bond donors (Lipinski definition) is 2. The maximum absolute atomic E-state index is 13.4. The zero-order chi connectivity index (χ0) is 15.2. The van der Waals surface area contributed by atoms with Crippen LogP contribution in [0, 0.1) is 11.6 Å². The molecule has 2 aromatic rings. The lowest BCUT2D eigenvalue weighted by Gasteiger charge is -2.16. The molecule has 0 aromatic heterocycles. The van der Waals surface area contributed by atoms with Crippen LogP contribution in [0.1, 0.15) is 6.92 Å². The molecule has 0 aliphatic carbocycles. The van der Waals surface area contributed by atoms with Crippen molar-refractivity contribution in [1.82, 2.24) is 5.43 Å². The summed E-state index contributed by atoms with van der Waals surface area (Å²) in [5.74, 6) is -1.39. The summed E-state index contributed by atoms with van der Waals surface area (Å²) in [6.45, 7) is 1.49. The van der Waals surface area contributed by atoms with Crippen LogP contribution in [0.3, 0.4) is 0 Å². The first-order valence-electron chi connectivity index (χ1n) is 6.29. The van der Waals surface area contributed by atoms with E-state index in [-0.39, 0.29) is 11.6 Å². The predicted octanol–water partition coefficient (Wildman–Crippen LogP) is 2.88. The van der Waals surface area contributed by atoms with E-state index in [1.54, 1.807) is 6.07 Å². The number of hydrazine groups is 1. The van der Waals surface area contributed by atoms with Gasteiger partial charge in [0, 0.05) is 0 Å². The molecule has 6 heteroatoms. The summed E-state index contributed by atoms with van der Waals surface area (Å²) in [4.78, 5) is 11.8. The van der Waals surface area contributed by atoms with Gasteiger partial charge in [0.1, 0.15) is 5.82 Å². The molecule has 0 spiro atoms. The van der Waals surface area contributed by atoms with E-state index in [0.717, 1.165) is 0 Å². The number of anilines is 1. The largest absolute Gasteiger partial charge is 0.478 e. The molecule has 0 aliphatic heterocycles. The van der Waals surface area contributed by atoms with Crippen molar-refractivity contribution in [3.05, 3.63) is 60.2 Å². The van der Waals surface area contributed by atoms with Gasteiger partial charge in [0.05, 0.1) is 5.69 Å². The molecule has 21 heavy (non-hydrogen) atoms. The summed E-state index contributed by atoms with van der Waals surface area (Å²) in [7, 11) is 0. The SMILES string of the molecule is CC(Oc1ccccc1F)C(=O)NNc1ccc(F)cc1. The molecule has 0 radical (unpaired) electrons. The number of rotatable bonds is 5. The Bertz CT molecular complexity index is 617. The molecule has 1 amide bonds. The molecule has 0 fully saturated rings. The van der Waals surface area contributed by atoms with Gasteiger partial charge in [-0.05, 0) is 43.3 Å². The van der Waals surface area contributed by atoms with Gasteiger partial charge in [0.2, 0.25) is 0 Å². The van der Waals surface area contributed by atoms with E-state index in [2.05, 4.69) is 10.9 Å². The summed E-state index contributed by atoms with van der Waals surface area (Å²) < 4.78 is 31.3. The highest BCUT2D eigenvalue weighted by atomic mass is 19.1. The first kappa shape index (κ1) is 14.8. The Morgan fingerprint density at radius 3 is 2.43 bits per heavy atom. The number of benzene rings is 2. The Balaban J connectivity index is 1.88. The summed E-state index contributed by atoms with van der Waals surface area (Å²) in [5, 5.41) is 0. The lowest BCUT2D eigenvalue weighted by molar-refractivity contribution is -0.126. The average molecular weight is 292 g/mol. The van der Waals surface area contributed by atoms with E-state index in [4.69, 9.17) is 4.74 Å². The van der Waals surface area contributed by atoms with Crippen LogP contribution in [0.5, 0.6) is 5.75 Å². The third kappa shape index (κ3) is 4.17. The van der Waals surface area contributed by atoms with Crippen molar-refractivity contribution in [2.45, 2.75) is 13.0 Å². The molecule has 2 N–H and O–H groups in total. The second kappa shape index (κ2) is 6.69. The first-order valence-corrected chi connectivity index (χ1v) is 6.29. The second-order valence-corrected chi connectivity index (χ2v) is 4.31. The maximum Gasteiger partial charge on any atom is 0.279 e. The number of carbonyl (C=O) groups is 1. The highest BCUT2D eigenvalue weighted by Gasteiger charge is 2.16. The van der Waals surface area contributed by atoms with Crippen LogP contribution in [-0.2, 0) is 4.79 Å². The van der Waals surface area contributed by atoms with Crippen molar-refractivity contribution in [3.63, 3.8) is 0 Å². The lowest BCUT2D eigenvalue weighted by atomic mass is 10.3. The van der Waals surface area contributed by atoms with Crippen molar-refractivity contribution < 1.29 is 18.3 Å². The molecule has 0 heterocycles. The van der Waals surface area contributed by atoms with Gasteiger partial charge >= 0.3 is 0 Å². The highest BCUT2D eigenvalue weighted by Crippen LogP contribution is 2.17. The molecule has 2 rings (SSSR count). The van der Waals surface area contributed by atoms with Crippen LogP contribution in [0.25, 0.3) is 0 Å². The molecule has 4 nitrogen and oxygen atoms in total. The third-order valence-electron chi connectivity index (χ3n) is 2.68. The number of halogens is 2. The molecule has 0 saturated heterocycles. The fourth-order valence-corrected chi connectivity index (χ4v) is 1.55. The monoisotopic (exact) mass is 292 g/mol.